The monoisotopic (exact) mass is 272 g/mol. The molecule has 0 aliphatic rings. The number of halogens is 3. The smallest absolute Gasteiger partial charge is 0.295 e. The van der Waals surface area contributed by atoms with Crippen molar-refractivity contribution in [2.45, 2.75) is 6.92 Å². The van der Waals surface area contributed by atoms with Crippen LogP contribution in [0.25, 0.3) is 5.69 Å². The maximum absolute atomic E-state index is 13.3. The van der Waals surface area contributed by atoms with E-state index in [9.17, 15) is 18.4 Å². The van der Waals surface area contributed by atoms with E-state index in [2.05, 4.69) is 0 Å². The zero-order valence-corrected chi connectivity index (χ0v) is 9.89. The van der Waals surface area contributed by atoms with Gasteiger partial charge in [0.2, 0.25) is 5.82 Å². The third-order valence-electron chi connectivity index (χ3n) is 2.29. The van der Waals surface area contributed by atoms with Crippen LogP contribution in [0.4, 0.5) is 8.78 Å². The molecular formula is C11H7ClF2N2O2. The molecule has 94 valence electrons. The standard InChI is InChI=1S/C11H7ClF2N2O2/c1-5-2-6(13)4-7(3-5)16-10(17)8(14)9(12)15-11(16)18/h2-4H,1H3,(H,15,18). The summed E-state index contributed by atoms with van der Waals surface area (Å²) in [6, 6.07) is 3.55. The van der Waals surface area contributed by atoms with E-state index >= 15 is 0 Å². The molecule has 1 heterocycles. The number of nitrogens with zero attached hydrogens (tertiary/aromatic N) is 1. The molecule has 0 radical (unpaired) electrons. The molecule has 1 aromatic carbocycles. The van der Waals surface area contributed by atoms with E-state index in [0.29, 0.717) is 10.1 Å². The molecule has 0 unspecified atom stereocenters. The topological polar surface area (TPSA) is 54.9 Å². The fourth-order valence-electron chi connectivity index (χ4n) is 1.57. The van der Waals surface area contributed by atoms with Gasteiger partial charge in [-0.25, -0.2) is 13.8 Å². The van der Waals surface area contributed by atoms with Gasteiger partial charge in [-0.05, 0) is 30.7 Å². The number of H-pyrrole nitrogens is 1. The zero-order valence-electron chi connectivity index (χ0n) is 9.13. The summed E-state index contributed by atoms with van der Waals surface area (Å²) >= 11 is 5.32. The van der Waals surface area contributed by atoms with Gasteiger partial charge in [0.1, 0.15) is 5.82 Å². The lowest BCUT2D eigenvalue weighted by Gasteiger charge is -2.06. The average Bonchev–Trinajstić information content (AvgIpc) is 2.24. The van der Waals surface area contributed by atoms with Crippen molar-refractivity contribution in [2.75, 3.05) is 0 Å². The molecule has 0 aliphatic carbocycles. The summed E-state index contributed by atoms with van der Waals surface area (Å²) in [5.74, 6) is -1.93. The Kier molecular flexibility index (Phi) is 3.04. The number of hydrogen-bond donors (Lipinski definition) is 1. The van der Waals surface area contributed by atoms with E-state index in [4.69, 9.17) is 11.6 Å². The second-order valence-electron chi connectivity index (χ2n) is 3.69. The van der Waals surface area contributed by atoms with E-state index in [1.54, 1.807) is 6.92 Å². The van der Waals surface area contributed by atoms with Crippen LogP contribution >= 0.6 is 11.6 Å². The van der Waals surface area contributed by atoms with Crippen LogP contribution in [0.5, 0.6) is 0 Å². The number of aromatic nitrogens is 2. The van der Waals surface area contributed by atoms with Gasteiger partial charge < -0.3 is 0 Å². The minimum Gasteiger partial charge on any atom is -0.295 e. The SMILES string of the molecule is Cc1cc(F)cc(-n2c(=O)[nH]c(Cl)c(F)c2=O)c1. The quantitative estimate of drug-likeness (QED) is 0.805. The summed E-state index contributed by atoms with van der Waals surface area (Å²) in [6.45, 7) is 1.58. The Labute approximate surface area is 104 Å². The molecule has 7 heteroatoms. The van der Waals surface area contributed by atoms with Gasteiger partial charge >= 0.3 is 5.69 Å². The van der Waals surface area contributed by atoms with E-state index in [1.807, 2.05) is 4.98 Å². The summed E-state index contributed by atoms with van der Waals surface area (Å²) in [4.78, 5) is 25.1. The highest BCUT2D eigenvalue weighted by Crippen LogP contribution is 2.11. The van der Waals surface area contributed by atoms with Crippen LogP contribution in [0.1, 0.15) is 5.56 Å². The molecular weight excluding hydrogens is 266 g/mol. The highest BCUT2D eigenvalue weighted by atomic mass is 35.5. The van der Waals surface area contributed by atoms with Crippen LogP contribution in [0.15, 0.2) is 27.8 Å². The summed E-state index contributed by atoms with van der Waals surface area (Å²) in [5.41, 5.74) is -1.73. The van der Waals surface area contributed by atoms with Crippen LogP contribution in [-0.2, 0) is 0 Å². The van der Waals surface area contributed by atoms with E-state index in [-0.39, 0.29) is 5.69 Å². The minimum atomic E-state index is -1.29. The summed E-state index contributed by atoms with van der Waals surface area (Å²) in [5, 5.41) is -0.672. The van der Waals surface area contributed by atoms with Gasteiger partial charge in [0.05, 0.1) is 5.69 Å². The average molecular weight is 273 g/mol. The Morgan fingerprint density at radius 2 is 1.89 bits per heavy atom. The maximum atomic E-state index is 13.3. The number of aryl methyl sites for hydroxylation is 1. The Morgan fingerprint density at radius 1 is 1.22 bits per heavy atom. The fourth-order valence-corrected chi connectivity index (χ4v) is 1.73. The molecule has 0 aliphatic heterocycles. The fraction of sp³-hybridized carbons (Fsp3) is 0.0909. The van der Waals surface area contributed by atoms with E-state index in [1.165, 1.54) is 12.1 Å². The Bertz CT molecular complexity index is 717. The van der Waals surface area contributed by atoms with E-state index < -0.39 is 28.0 Å². The molecule has 1 aromatic heterocycles. The van der Waals surface area contributed by atoms with Gasteiger partial charge in [-0.3, -0.25) is 9.78 Å². The zero-order chi connectivity index (χ0) is 13.4. The van der Waals surface area contributed by atoms with Crippen LogP contribution in [-0.4, -0.2) is 9.55 Å². The van der Waals surface area contributed by atoms with Crippen molar-refractivity contribution in [1.82, 2.24) is 9.55 Å². The molecule has 18 heavy (non-hydrogen) atoms. The Morgan fingerprint density at radius 3 is 2.50 bits per heavy atom. The third-order valence-corrected chi connectivity index (χ3v) is 2.55. The Hall–Kier alpha value is -1.95. The number of benzene rings is 1. The lowest BCUT2D eigenvalue weighted by Crippen LogP contribution is -2.35. The molecule has 2 rings (SSSR count). The van der Waals surface area contributed by atoms with Gasteiger partial charge in [0.15, 0.2) is 5.15 Å². The molecule has 0 spiro atoms. The van der Waals surface area contributed by atoms with E-state index in [0.717, 1.165) is 6.07 Å². The molecule has 0 fully saturated rings. The number of hydrogen-bond acceptors (Lipinski definition) is 2. The molecule has 2 aromatic rings. The number of aromatic amines is 1. The van der Waals surface area contributed by atoms with Crippen molar-refractivity contribution in [3.05, 3.63) is 61.4 Å². The molecule has 0 bridgehead atoms. The first-order chi connectivity index (χ1) is 8.40. The van der Waals surface area contributed by atoms with Crippen molar-refractivity contribution in [3.63, 3.8) is 0 Å². The van der Waals surface area contributed by atoms with Crippen LogP contribution in [0.2, 0.25) is 5.15 Å². The van der Waals surface area contributed by atoms with Crippen molar-refractivity contribution in [3.8, 4) is 5.69 Å². The molecule has 0 amide bonds. The van der Waals surface area contributed by atoms with Crippen molar-refractivity contribution in [2.24, 2.45) is 0 Å². The van der Waals surface area contributed by atoms with Gasteiger partial charge in [-0.1, -0.05) is 11.6 Å². The van der Waals surface area contributed by atoms with Gasteiger partial charge in [-0.15, -0.1) is 0 Å². The highest BCUT2D eigenvalue weighted by Gasteiger charge is 2.14. The number of rotatable bonds is 1. The van der Waals surface area contributed by atoms with Gasteiger partial charge in [0, 0.05) is 0 Å². The second-order valence-corrected chi connectivity index (χ2v) is 4.06. The summed E-state index contributed by atoms with van der Waals surface area (Å²) in [6.07, 6.45) is 0. The van der Waals surface area contributed by atoms with Crippen molar-refractivity contribution >= 4 is 11.6 Å². The van der Waals surface area contributed by atoms with Crippen molar-refractivity contribution < 1.29 is 8.78 Å². The molecule has 1 N–H and O–H groups in total. The van der Waals surface area contributed by atoms with Gasteiger partial charge in [-0.2, -0.15) is 4.39 Å². The summed E-state index contributed by atoms with van der Waals surface area (Å²) in [7, 11) is 0. The molecule has 0 atom stereocenters. The van der Waals surface area contributed by atoms with Crippen LogP contribution in [0, 0.1) is 18.6 Å². The van der Waals surface area contributed by atoms with Crippen LogP contribution in [0.3, 0.4) is 0 Å². The third kappa shape index (κ3) is 2.06. The van der Waals surface area contributed by atoms with Crippen LogP contribution < -0.4 is 11.2 Å². The largest absolute Gasteiger partial charge is 0.334 e. The first-order valence-electron chi connectivity index (χ1n) is 4.88. The highest BCUT2D eigenvalue weighted by molar-refractivity contribution is 6.29. The predicted molar refractivity (Wildman–Crippen MR) is 62.3 cm³/mol. The minimum absolute atomic E-state index is 0.0608. The first kappa shape index (κ1) is 12.5. The molecule has 4 nitrogen and oxygen atoms in total. The maximum Gasteiger partial charge on any atom is 0.334 e. The predicted octanol–water partition coefficient (Wildman–Crippen LogP) is 1.77. The Balaban J connectivity index is 2.84. The lowest BCUT2D eigenvalue weighted by atomic mass is 10.2. The molecule has 0 saturated carbocycles. The van der Waals surface area contributed by atoms with Gasteiger partial charge in [0.25, 0.3) is 5.56 Å². The first-order valence-corrected chi connectivity index (χ1v) is 5.26. The summed E-state index contributed by atoms with van der Waals surface area (Å²) < 4.78 is 27.0. The number of nitrogens with one attached hydrogen (secondary N) is 1. The van der Waals surface area contributed by atoms with Crippen molar-refractivity contribution in [1.29, 1.82) is 0 Å². The second kappa shape index (κ2) is 4.38. The lowest BCUT2D eigenvalue weighted by molar-refractivity contribution is 0.582. The molecule has 0 saturated heterocycles. The normalized spacial score (nSPS) is 10.7.